The summed E-state index contributed by atoms with van der Waals surface area (Å²) in [6.45, 7) is 7.04. The van der Waals surface area contributed by atoms with Crippen LogP contribution >= 0.6 is 0 Å². The number of aromatic nitrogens is 2. The van der Waals surface area contributed by atoms with Crippen LogP contribution in [0.3, 0.4) is 0 Å². The Labute approximate surface area is 104 Å². The van der Waals surface area contributed by atoms with Gasteiger partial charge in [-0.2, -0.15) is 0 Å². The molecule has 3 heteroatoms. The van der Waals surface area contributed by atoms with E-state index in [4.69, 9.17) is 0 Å². The Hall–Kier alpha value is -0.830. The minimum atomic E-state index is 0.687. The maximum absolute atomic E-state index is 4.39. The van der Waals surface area contributed by atoms with Crippen molar-refractivity contribution in [3.8, 4) is 0 Å². The second kappa shape index (κ2) is 4.45. The van der Waals surface area contributed by atoms with Gasteiger partial charge in [0.1, 0.15) is 0 Å². The van der Waals surface area contributed by atoms with Crippen LogP contribution in [0.25, 0.3) is 0 Å². The Morgan fingerprint density at radius 1 is 1.18 bits per heavy atom. The minimum absolute atomic E-state index is 0.687. The van der Waals surface area contributed by atoms with E-state index >= 15 is 0 Å². The first kappa shape index (κ1) is 11.3. The molecule has 1 N–H and O–H groups in total. The quantitative estimate of drug-likeness (QED) is 0.851. The lowest BCUT2D eigenvalue weighted by atomic mass is 9.80. The normalized spacial score (nSPS) is 34.6. The second-order valence-electron chi connectivity index (χ2n) is 6.15. The van der Waals surface area contributed by atoms with Crippen LogP contribution in [0.2, 0.25) is 0 Å². The van der Waals surface area contributed by atoms with E-state index in [0.29, 0.717) is 12.0 Å². The average Bonchev–Trinajstić information content (AvgIpc) is 2.62. The standard InChI is InChI=1S/C14H23N3/c1-10-3-11(2)5-13(4-10)17-9-16-8-14(17)12-6-15-7-12/h8-13,15H,3-7H2,1-2H3. The van der Waals surface area contributed by atoms with E-state index in [0.717, 1.165) is 24.9 Å². The third-order valence-electron chi connectivity index (χ3n) is 4.44. The fourth-order valence-corrected chi connectivity index (χ4v) is 3.57. The van der Waals surface area contributed by atoms with Crippen LogP contribution in [0.5, 0.6) is 0 Å². The fourth-order valence-electron chi connectivity index (χ4n) is 3.57. The summed E-state index contributed by atoms with van der Waals surface area (Å²) >= 11 is 0. The zero-order chi connectivity index (χ0) is 11.8. The van der Waals surface area contributed by atoms with Gasteiger partial charge in [0.15, 0.2) is 0 Å². The fraction of sp³-hybridized carbons (Fsp3) is 0.786. The molecule has 2 aliphatic rings. The maximum Gasteiger partial charge on any atom is 0.0950 e. The Bertz CT molecular complexity index is 371. The third kappa shape index (κ3) is 2.13. The number of nitrogens with one attached hydrogen (secondary N) is 1. The van der Waals surface area contributed by atoms with Gasteiger partial charge in [-0.1, -0.05) is 13.8 Å². The average molecular weight is 233 g/mol. The van der Waals surface area contributed by atoms with Crippen LogP contribution in [-0.4, -0.2) is 22.6 Å². The minimum Gasteiger partial charge on any atom is -0.331 e. The van der Waals surface area contributed by atoms with Gasteiger partial charge in [-0.25, -0.2) is 4.98 Å². The molecule has 94 valence electrons. The number of nitrogens with zero attached hydrogens (tertiary/aromatic N) is 2. The zero-order valence-electron chi connectivity index (χ0n) is 10.9. The van der Waals surface area contributed by atoms with Crippen LogP contribution < -0.4 is 5.32 Å². The number of imidazole rings is 1. The predicted octanol–water partition coefficient (Wildman–Crippen LogP) is 2.57. The van der Waals surface area contributed by atoms with Crippen LogP contribution in [-0.2, 0) is 0 Å². The van der Waals surface area contributed by atoms with Gasteiger partial charge >= 0.3 is 0 Å². The Morgan fingerprint density at radius 2 is 1.88 bits per heavy atom. The summed E-state index contributed by atoms with van der Waals surface area (Å²) in [4.78, 5) is 4.39. The molecule has 0 aromatic carbocycles. The van der Waals surface area contributed by atoms with Crippen LogP contribution in [0.15, 0.2) is 12.5 Å². The van der Waals surface area contributed by atoms with Crippen molar-refractivity contribution in [2.45, 2.75) is 45.1 Å². The van der Waals surface area contributed by atoms with Crippen LogP contribution in [0, 0.1) is 11.8 Å². The van der Waals surface area contributed by atoms with Crippen molar-refractivity contribution in [1.29, 1.82) is 0 Å². The predicted molar refractivity (Wildman–Crippen MR) is 69.1 cm³/mol. The highest BCUT2D eigenvalue weighted by atomic mass is 15.1. The molecule has 1 saturated heterocycles. The van der Waals surface area contributed by atoms with Crippen molar-refractivity contribution in [2.75, 3.05) is 13.1 Å². The molecule has 0 bridgehead atoms. The summed E-state index contributed by atoms with van der Waals surface area (Å²) in [5, 5.41) is 3.36. The first-order valence-electron chi connectivity index (χ1n) is 6.96. The third-order valence-corrected chi connectivity index (χ3v) is 4.44. The van der Waals surface area contributed by atoms with E-state index in [9.17, 15) is 0 Å². The van der Waals surface area contributed by atoms with Gasteiger partial charge in [0.25, 0.3) is 0 Å². The van der Waals surface area contributed by atoms with Gasteiger partial charge in [0.2, 0.25) is 0 Å². The molecule has 1 aliphatic carbocycles. The first-order chi connectivity index (χ1) is 8.24. The molecule has 1 aromatic rings. The molecule has 0 amide bonds. The van der Waals surface area contributed by atoms with Crippen LogP contribution in [0.4, 0.5) is 0 Å². The Morgan fingerprint density at radius 3 is 2.47 bits per heavy atom. The lowest BCUT2D eigenvalue weighted by Crippen LogP contribution is -2.41. The van der Waals surface area contributed by atoms with E-state index in [-0.39, 0.29) is 0 Å². The van der Waals surface area contributed by atoms with Crippen molar-refractivity contribution >= 4 is 0 Å². The Kier molecular flexibility index (Phi) is 2.95. The number of hydrogen-bond acceptors (Lipinski definition) is 2. The van der Waals surface area contributed by atoms with E-state index in [1.165, 1.54) is 25.0 Å². The van der Waals surface area contributed by atoms with Gasteiger partial charge < -0.3 is 9.88 Å². The summed E-state index contributed by atoms with van der Waals surface area (Å²) in [6, 6.07) is 0.687. The highest BCUT2D eigenvalue weighted by Gasteiger charge is 2.29. The summed E-state index contributed by atoms with van der Waals surface area (Å²) in [6.07, 6.45) is 8.19. The monoisotopic (exact) mass is 233 g/mol. The lowest BCUT2D eigenvalue weighted by molar-refractivity contribution is 0.215. The number of rotatable bonds is 2. The topological polar surface area (TPSA) is 29.9 Å². The van der Waals surface area contributed by atoms with Crippen molar-refractivity contribution < 1.29 is 0 Å². The summed E-state index contributed by atoms with van der Waals surface area (Å²) in [5.74, 6) is 2.42. The molecule has 3 rings (SSSR count). The molecule has 1 aromatic heterocycles. The highest BCUT2D eigenvalue weighted by Crippen LogP contribution is 2.37. The second-order valence-corrected chi connectivity index (χ2v) is 6.15. The maximum atomic E-state index is 4.39. The van der Waals surface area contributed by atoms with Crippen LogP contribution in [0.1, 0.15) is 50.8 Å². The summed E-state index contributed by atoms with van der Waals surface area (Å²) in [5.41, 5.74) is 1.45. The van der Waals surface area contributed by atoms with Gasteiger partial charge in [-0.3, -0.25) is 0 Å². The van der Waals surface area contributed by atoms with E-state index in [2.05, 4.69) is 41.2 Å². The highest BCUT2D eigenvalue weighted by molar-refractivity contribution is 5.13. The summed E-state index contributed by atoms with van der Waals surface area (Å²) < 4.78 is 2.47. The van der Waals surface area contributed by atoms with Crippen molar-refractivity contribution in [2.24, 2.45) is 11.8 Å². The van der Waals surface area contributed by atoms with Gasteiger partial charge in [0, 0.05) is 36.9 Å². The van der Waals surface area contributed by atoms with Gasteiger partial charge in [-0.05, 0) is 31.1 Å². The molecular weight excluding hydrogens is 210 g/mol. The molecule has 2 fully saturated rings. The Balaban J connectivity index is 1.80. The summed E-state index contributed by atoms with van der Waals surface area (Å²) in [7, 11) is 0. The van der Waals surface area contributed by atoms with Gasteiger partial charge in [-0.15, -0.1) is 0 Å². The zero-order valence-corrected chi connectivity index (χ0v) is 10.9. The molecule has 1 saturated carbocycles. The number of hydrogen-bond donors (Lipinski definition) is 1. The molecule has 3 nitrogen and oxygen atoms in total. The van der Waals surface area contributed by atoms with E-state index in [1.807, 2.05) is 0 Å². The lowest BCUT2D eigenvalue weighted by Gasteiger charge is -2.35. The molecule has 2 atom stereocenters. The molecule has 2 unspecified atom stereocenters. The molecule has 0 spiro atoms. The first-order valence-corrected chi connectivity index (χ1v) is 6.96. The van der Waals surface area contributed by atoms with E-state index in [1.54, 1.807) is 0 Å². The largest absolute Gasteiger partial charge is 0.331 e. The van der Waals surface area contributed by atoms with E-state index < -0.39 is 0 Å². The van der Waals surface area contributed by atoms with Crippen molar-refractivity contribution in [3.05, 3.63) is 18.2 Å². The SMILES string of the molecule is CC1CC(C)CC(n2cncc2C2CNC2)C1. The molecule has 17 heavy (non-hydrogen) atoms. The molecule has 0 radical (unpaired) electrons. The van der Waals surface area contributed by atoms with Crippen molar-refractivity contribution in [3.63, 3.8) is 0 Å². The molecule has 1 aliphatic heterocycles. The van der Waals surface area contributed by atoms with Crippen molar-refractivity contribution in [1.82, 2.24) is 14.9 Å². The molecule has 2 heterocycles. The smallest absolute Gasteiger partial charge is 0.0950 e. The molecular formula is C14H23N3. The van der Waals surface area contributed by atoms with Gasteiger partial charge in [0.05, 0.1) is 6.33 Å².